The van der Waals surface area contributed by atoms with Crippen LogP contribution in [-0.2, 0) is 16.4 Å². The Morgan fingerprint density at radius 2 is 2.20 bits per heavy atom. The number of aromatic amines is 1. The minimum atomic E-state index is -3.67. The first-order chi connectivity index (χ1) is 9.53. The van der Waals surface area contributed by atoms with Gasteiger partial charge in [-0.2, -0.15) is 0 Å². The summed E-state index contributed by atoms with van der Waals surface area (Å²) in [6, 6.07) is 1.28. The Morgan fingerprint density at radius 3 is 2.80 bits per heavy atom. The smallest absolute Gasteiger partial charge is 0.242 e. The SMILES string of the molecule is NNc1ncc(S(=O)(=O)NCCc2ncc[nH]2)cc1Cl. The third kappa shape index (κ3) is 3.45. The fourth-order valence-corrected chi connectivity index (χ4v) is 2.78. The van der Waals surface area contributed by atoms with Crippen LogP contribution in [-0.4, -0.2) is 29.9 Å². The molecule has 2 rings (SSSR count). The highest BCUT2D eigenvalue weighted by atomic mass is 35.5. The first kappa shape index (κ1) is 14.7. The highest BCUT2D eigenvalue weighted by Crippen LogP contribution is 2.21. The lowest BCUT2D eigenvalue weighted by molar-refractivity contribution is 0.580. The Bertz CT molecular complexity index is 673. The van der Waals surface area contributed by atoms with E-state index in [1.165, 1.54) is 12.3 Å². The topological polar surface area (TPSA) is 126 Å². The molecule has 0 aliphatic heterocycles. The molecule has 0 aliphatic rings. The van der Waals surface area contributed by atoms with Crippen molar-refractivity contribution in [2.45, 2.75) is 11.3 Å². The first-order valence-corrected chi connectivity index (χ1v) is 7.49. The summed E-state index contributed by atoms with van der Waals surface area (Å²) in [6.07, 6.45) is 4.91. The predicted molar refractivity (Wildman–Crippen MR) is 74.5 cm³/mol. The standard InChI is InChI=1S/C10H13ClN6O2S/c11-8-5-7(6-15-10(8)17-12)20(18,19)16-2-1-9-13-3-4-14-9/h3-6,16H,1-2,12H2,(H,13,14)(H,15,17). The molecule has 0 atom stereocenters. The normalized spacial score (nSPS) is 11.5. The first-order valence-electron chi connectivity index (χ1n) is 5.63. The number of anilines is 1. The second-order valence-electron chi connectivity index (χ2n) is 3.83. The van der Waals surface area contributed by atoms with Gasteiger partial charge in [0.2, 0.25) is 10.0 Å². The van der Waals surface area contributed by atoms with E-state index < -0.39 is 10.0 Å². The summed E-state index contributed by atoms with van der Waals surface area (Å²) in [5, 5.41) is 0.126. The molecule has 0 aromatic carbocycles. The minimum Gasteiger partial charge on any atom is -0.349 e. The molecule has 20 heavy (non-hydrogen) atoms. The number of imidazole rings is 1. The maximum absolute atomic E-state index is 12.0. The summed E-state index contributed by atoms with van der Waals surface area (Å²) in [7, 11) is -3.67. The van der Waals surface area contributed by atoms with Crippen molar-refractivity contribution in [1.29, 1.82) is 0 Å². The number of aromatic nitrogens is 3. The molecule has 0 bridgehead atoms. The number of nitrogens with two attached hydrogens (primary N) is 1. The van der Waals surface area contributed by atoms with E-state index in [0.29, 0.717) is 12.2 Å². The van der Waals surface area contributed by atoms with E-state index in [-0.39, 0.29) is 22.3 Å². The molecule has 0 radical (unpaired) electrons. The van der Waals surface area contributed by atoms with Crippen molar-refractivity contribution in [3.8, 4) is 0 Å². The Hall–Kier alpha value is -1.68. The van der Waals surface area contributed by atoms with Crippen LogP contribution in [0.1, 0.15) is 5.82 Å². The number of H-pyrrole nitrogens is 1. The van der Waals surface area contributed by atoms with Gasteiger partial charge in [-0.25, -0.2) is 29.0 Å². The number of halogens is 1. The number of hydrazine groups is 1. The van der Waals surface area contributed by atoms with Gasteiger partial charge in [0.15, 0.2) is 5.82 Å². The van der Waals surface area contributed by atoms with Crippen LogP contribution in [0, 0.1) is 0 Å². The third-order valence-electron chi connectivity index (χ3n) is 2.47. The molecule has 2 aromatic heterocycles. The van der Waals surface area contributed by atoms with Crippen LogP contribution in [0.4, 0.5) is 5.82 Å². The van der Waals surface area contributed by atoms with Crippen LogP contribution in [0.5, 0.6) is 0 Å². The van der Waals surface area contributed by atoms with Crippen LogP contribution < -0.4 is 16.0 Å². The van der Waals surface area contributed by atoms with Crippen molar-refractivity contribution in [1.82, 2.24) is 19.7 Å². The number of hydrogen-bond acceptors (Lipinski definition) is 6. The molecule has 0 fully saturated rings. The maximum Gasteiger partial charge on any atom is 0.242 e. The summed E-state index contributed by atoms with van der Waals surface area (Å²) >= 11 is 5.84. The second kappa shape index (κ2) is 6.18. The Balaban J connectivity index is 2.04. The van der Waals surface area contributed by atoms with Gasteiger partial charge in [0, 0.05) is 31.6 Å². The third-order valence-corrected chi connectivity index (χ3v) is 4.19. The number of nitrogens with one attached hydrogen (secondary N) is 3. The molecular weight excluding hydrogens is 304 g/mol. The number of nitrogen functional groups attached to an aromatic ring is 1. The van der Waals surface area contributed by atoms with Crippen molar-refractivity contribution in [3.05, 3.63) is 35.5 Å². The van der Waals surface area contributed by atoms with Gasteiger partial charge in [0.05, 0.1) is 5.02 Å². The highest BCUT2D eigenvalue weighted by Gasteiger charge is 2.16. The van der Waals surface area contributed by atoms with Gasteiger partial charge < -0.3 is 10.4 Å². The van der Waals surface area contributed by atoms with Crippen LogP contribution in [0.15, 0.2) is 29.6 Å². The van der Waals surface area contributed by atoms with Crippen molar-refractivity contribution < 1.29 is 8.42 Å². The average molecular weight is 317 g/mol. The molecule has 8 nitrogen and oxygen atoms in total. The van der Waals surface area contributed by atoms with E-state index in [2.05, 4.69) is 25.1 Å². The van der Waals surface area contributed by atoms with Gasteiger partial charge in [0.25, 0.3) is 0 Å². The Kier molecular flexibility index (Phi) is 4.55. The zero-order valence-corrected chi connectivity index (χ0v) is 11.9. The van der Waals surface area contributed by atoms with Gasteiger partial charge in [-0.05, 0) is 6.07 Å². The van der Waals surface area contributed by atoms with Gasteiger partial charge >= 0.3 is 0 Å². The minimum absolute atomic E-state index is 0.0269. The van der Waals surface area contributed by atoms with Crippen LogP contribution >= 0.6 is 11.6 Å². The summed E-state index contributed by atoms with van der Waals surface area (Å²) in [5.41, 5.74) is 2.26. The lowest BCUT2D eigenvalue weighted by Crippen LogP contribution is -2.26. The predicted octanol–water partition coefficient (Wildman–Crippen LogP) is 0.265. The number of rotatable bonds is 6. The van der Waals surface area contributed by atoms with Gasteiger partial charge in [0.1, 0.15) is 10.7 Å². The largest absolute Gasteiger partial charge is 0.349 e. The van der Waals surface area contributed by atoms with Crippen molar-refractivity contribution in [3.63, 3.8) is 0 Å². The van der Waals surface area contributed by atoms with E-state index in [4.69, 9.17) is 17.4 Å². The molecule has 2 aromatic rings. The average Bonchev–Trinajstić information content (AvgIpc) is 2.91. The number of nitrogens with zero attached hydrogens (tertiary/aromatic N) is 2. The summed E-state index contributed by atoms with van der Waals surface area (Å²) in [4.78, 5) is 10.7. The zero-order valence-electron chi connectivity index (χ0n) is 10.3. The molecule has 10 heteroatoms. The van der Waals surface area contributed by atoms with Crippen molar-refractivity contribution in [2.24, 2.45) is 5.84 Å². The lowest BCUT2D eigenvalue weighted by atomic mass is 10.4. The van der Waals surface area contributed by atoms with Crippen LogP contribution in [0.2, 0.25) is 5.02 Å². The molecular formula is C10H13ClN6O2S. The molecule has 5 N–H and O–H groups in total. The van der Waals surface area contributed by atoms with Crippen LogP contribution in [0.3, 0.4) is 0 Å². The van der Waals surface area contributed by atoms with Crippen molar-refractivity contribution in [2.75, 3.05) is 12.0 Å². The molecule has 0 saturated heterocycles. The van der Waals surface area contributed by atoms with Gasteiger partial charge in [-0.15, -0.1) is 0 Å². The summed E-state index contributed by atoms with van der Waals surface area (Å²) < 4.78 is 26.5. The monoisotopic (exact) mass is 316 g/mol. The Morgan fingerprint density at radius 1 is 1.40 bits per heavy atom. The number of hydrogen-bond donors (Lipinski definition) is 4. The number of sulfonamides is 1. The van der Waals surface area contributed by atoms with Crippen LogP contribution in [0.25, 0.3) is 0 Å². The molecule has 108 valence electrons. The van der Waals surface area contributed by atoms with E-state index in [9.17, 15) is 8.42 Å². The van der Waals surface area contributed by atoms with Gasteiger partial charge in [-0.3, -0.25) is 0 Å². The highest BCUT2D eigenvalue weighted by molar-refractivity contribution is 7.89. The fraction of sp³-hybridized carbons (Fsp3) is 0.200. The van der Waals surface area contributed by atoms with Crippen molar-refractivity contribution >= 4 is 27.4 Å². The van der Waals surface area contributed by atoms with E-state index in [1.54, 1.807) is 12.4 Å². The molecule has 0 amide bonds. The molecule has 2 heterocycles. The lowest BCUT2D eigenvalue weighted by Gasteiger charge is -2.07. The summed E-state index contributed by atoms with van der Waals surface area (Å²) in [5.74, 6) is 6.08. The quantitative estimate of drug-likeness (QED) is 0.447. The molecule has 0 saturated carbocycles. The van der Waals surface area contributed by atoms with E-state index in [1.807, 2.05) is 0 Å². The molecule has 0 spiro atoms. The molecule has 0 aliphatic carbocycles. The number of pyridine rings is 1. The summed E-state index contributed by atoms with van der Waals surface area (Å²) in [6.45, 7) is 0.213. The van der Waals surface area contributed by atoms with E-state index >= 15 is 0 Å². The van der Waals surface area contributed by atoms with Gasteiger partial charge in [-0.1, -0.05) is 11.6 Å². The molecule has 0 unspecified atom stereocenters. The zero-order chi connectivity index (χ0) is 14.6. The Labute approximate surface area is 120 Å². The maximum atomic E-state index is 12.0. The second-order valence-corrected chi connectivity index (χ2v) is 6.00. The van der Waals surface area contributed by atoms with E-state index in [0.717, 1.165) is 0 Å². The fourth-order valence-electron chi connectivity index (χ4n) is 1.50.